The fourth-order valence-electron chi connectivity index (χ4n) is 2.45. The van der Waals surface area contributed by atoms with Gasteiger partial charge in [0.15, 0.2) is 0 Å². The number of hydrogen-bond donors (Lipinski definition) is 1. The quantitative estimate of drug-likeness (QED) is 0.869. The molecule has 2 rings (SSSR count). The van der Waals surface area contributed by atoms with Crippen LogP contribution in [0.3, 0.4) is 0 Å². The van der Waals surface area contributed by atoms with E-state index in [1.807, 2.05) is 32.2 Å². The van der Waals surface area contributed by atoms with Crippen molar-refractivity contribution in [2.45, 2.75) is 26.2 Å². The fourth-order valence-corrected chi connectivity index (χ4v) is 2.45. The Morgan fingerprint density at radius 1 is 1.47 bits per heavy atom. The molecule has 17 heavy (non-hydrogen) atoms. The Balaban J connectivity index is 2.11. The molecule has 0 bridgehead atoms. The summed E-state index contributed by atoms with van der Waals surface area (Å²) in [7, 11) is 1.97. The van der Waals surface area contributed by atoms with Gasteiger partial charge in [0.25, 0.3) is 0 Å². The normalized spacial score (nSPS) is 17.3. The van der Waals surface area contributed by atoms with E-state index in [1.54, 1.807) is 0 Å². The molecule has 92 valence electrons. The first-order valence-corrected chi connectivity index (χ1v) is 6.05. The standard InChI is InChI=1S/C14H19NO2/c1-11-5-3-6-12(9-11)15(2)10-14(13(16)17)7-4-8-14/h3,5-6,9H,4,7-8,10H2,1-2H3,(H,16,17). The van der Waals surface area contributed by atoms with Gasteiger partial charge in [-0.15, -0.1) is 0 Å². The van der Waals surface area contributed by atoms with E-state index in [4.69, 9.17) is 0 Å². The number of aliphatic carboxylic acids is 1. The first-order chi connectivity index (χ1) is 8.03. The third-order valence-electron chi connectivity index (χ3n) is 3.75. The van der Waals surface area contributed by atoms with Gasteiger partial charge >= 0.3 is 5.97 Å². The lowest BCUT2D eigenvalue weighted by Gasteiger charge is -2.41. The van der Waals surface area contributed by atoms with Crippen LogP contribution >= 0.6 is 0 Å². The molecule has 1 fully saturated rings. The molecule has 1 saturated carbocycles. The number of hydrogen-bond acceptors (Lipinski definition) is 2. The van der Waals surface area contributed by atoms with Gasteiger partial charge in [0.2, 0.25) is 0 Å². The third kappa shape index (κ3) is 2.28. The van der Waals surface area contributed by atoms with Crippen molar-refractivity contribution in [2.75, 3.05) is 18.5 Å². The SMILES string of the molecule is Cc1cccc(N(C)CC2(C(=O)O)CCC2)c1. The second-order valence-electron chi connectivity index (χ2n) is 5.13. The minimum absolute atomic E-state index is 0.515. The van der Waals surface area contributed by atoms with Gasteiger partial charge in [0, 0.05) is 19.3 Å². The van der Waals surface area contributed by atoms with Crippen LogP contribution in [0.25, 0.3) is 0 Å². The van der Waals surface area contributed by atoms with Crippen LogP contribution in [0, 0.1) is 12.3 Å². The molecule has 0 spiro atoms. The van der Waals surface area contributed by atoms with Crippen LogP contribution in [0.2, 0.25) is 0 Å². The van der Waals surface area contributed by atoms with E-state index in [1.165, 1.54) is 5.56 Å². The van der Waals surface area contributed by atoms with E-state index in [2.05, 4.69) is 11.0 Å². The number of aryl methyl sites for hydroxylation is 1. The van der Waals surface area contributed by atoms with Gasteiger partial charge in [0.05, 0.1) is 5.41 Å². The second kappa shape index (κ2) is 4.40. The van der Waals surface area contributed by atoms with Crippen LogP contribution in [0.4, 0.5) is 5.69 Å². The van der Waals surface area contributed by atoms with Crippen molar-refractivity contribution < 1.29 is 9.90 Å². The summed E-state index contributed by atoms with van der Waals surface area (Å²) in [5.41, 5.74) is 1.78. The van der Waals surface area contributed by atoms with Crippen LogP contribution in [0.1, 0.15) is 24.8 Å². The van der Waals surface area contributed by atoms with Crippen molar-refractivity contribution in [3.8, 4) is 0 Å². The summed E-state index contributed by atoms with van der Waals surface area (Å²) in [4.78, 5) is 13.4. The van der Waals surface area contributed by atoms with Crippen molar-refractivity contribution in [3.63, 3.8) is 0 Å². The van der Waals surface area contributed by atoms with Gasteiger partial charge in [-0.25, -0.2) is 0 Å². The maximum absolute atomic E-state index is 11.3. The Labute approximate surface area is 102 Å². The zero-order valence-electron chi connectivity index (χ0n) is 10.4. The van der Waals surface area contributed by atoms with Crippen LogP contribution < -0.4 is 4.90 Å². The van der Waals surface area contributed by atoms with Gasteiger partial charge in [-0.1, -0.05) is 18.6 Å². The number of rotatable bonds is 4. The third-order valence-corrected chi connectivity index (χ3v) is 3.75. The van der Waals surface area contributed by atoms with Crippen LogP contribution in [-0.4, -0.2) is 24.7 Å². The number of carboxylic acid groups (broad SMARTS) is 1. The maximum atomic E-state index is 11.3. The molecule has 0 amide bonds. The Morgan fingerprint density at radius 3 is 2.65 bits per heavy atom. The highest BCUT2D eigenvalue weighted by Gasteiger charge is 2.45. The highest BCUT2D eigenvalue weighted by atomic mass is 16.4. The molecule has 1 N–H and O–H groups in total. The van der Waals surface area contributed by atoms with E-state index < -0.39 is 11.4 Å². The van der Waals surface area contributed by atoms with Crippen LogP contribution in [-0.2, 0) is 4.79 Å². The first-order valence-electron chi connectivity index (χ1n) is 6.05. The summed E-state index contributed by atoms with van der Waals surface area (Å²) in [6.07, 6.45) is 2.64. The number of benzene rings is 1. The summed E-state index contributed by atoms with van der Waals surface area (Å²) in [6, 6.07) is 8.18. The van der Waals surface area contributed by atoms with E-state index in [0.717, 1.165) is 24.9 Å². The summed E-state index contributed by atoms with van der Waals surface area (Å²) in [5.74, 6) is -0.650. The summed E-state index contributed by atoms with van der Waals surface area (Å²) in [5, 5.41) is 9.31. The Hall–Kier alpha value is -1.51. The summed E-state index contributed by atoms with van der Waals surface area (Å²) >= 11 is 0. The maximum Gasteiger partial charge on any atom is 0.311 e. The summed E-state index contributed by atoms with van der Waals surface area (Å²) < 4.78 is 0. The average molecular weight is 233 g/mol. The van der Waals surface area contributed by atoms with Crippen LogP contribution in [0.15, 0.2) is 24.3 Å². The van der Waals surface area contributed by atoms with E-state index in [-0.39, 0.29) is 0 Å². The molecule has 0 radical (unpaired) electrons. The predicted octanol–water partition coefficient (Wildman–Crippen LogP) is 2.69. The smallest absolute Gasteiger partial charge is 0.311 e. The summed E-state index contributed by atoms with van der Waals surface area (Å²) in [6.45, 7) is 2.65. The molecule has 1 aliphatic carbocycles. The van der Waals surface area contributed by atoms with Crippen molar-refractivity contribution in [1.29, 1.82) is 0 Å². The van der Waals surface area contributed by atoms with Crippen molar-refractivity contribution >= 4 is 11.7 Å². The lowest BCUT2D eigenvalue weighted by molar-refractivity contribution is -0.153. The van der Waals surface area contributed by atoms with Crippen molar-refractivity contribution in [2.24, 2.45) is 5.41 Å². The minimum Gasteiger partial charge on any atom is -0.481 e. The molecule has 0 heterocycles. The molecule has 0 unspecified atom stereocenters. The molecular weight excluding hydrogens is 214 g/mol. The molecule has 0 aromatic heterocycles. The number of anilines is 1. The van der Waals surface area contributed by atoms with Gasteiger partial charge in [0.1, 0.15) is 0 Å². The van der Waals surface area contributed by atoms with Gasteiger partial charge < -0.3 is 10.0 Å². The zero-order valence-corrected chi connectivity index (χ0v) is 10.4. The topological polar surface area (TPSA) is 40.5 Å². The second-order valence-corrected chi connectivity index (χ2v) is 5.13. The highest BCUT2D eigenvalue weighted by molar-refractivity contribution is 5.76. The largest absolute Gasteiger partial charge is 0.481 e. The molecule has 0 atom stereocenters. The van der Waals surface area contributed by atoms with Gasteiger partial charge in [-0.3, -0.25) is 4.79 Å². The van der Waals surface area contributed by atoms with Gasteiger partial charge in [-0.05, 0) is 37.5 Å². The highest BCUT2D eigenvalue weighted by Crippen LogP contribution is 2.42. The number of nitrogens with zero attached hydrogens (tertiary/aromatic N) is 1. The molecule has 3 heteroatoms. The molecule has 0 aliphatic heterocycles. The Kier molecular flexibility index (Phi) is 3.09. The monoisotopic (exact) mass is 233 g/mol. The molecule has 0 saturated heterocycles. The van der Waals surface area contributed by atoms with E-state index in [9.17, 15) is 9.90 Å². The lowest BCUT2D eigenvalue weighted by atomic mass is 9.68. The molecule has 1 aromatic rings. The first kappa shape index (κ1) is 12.0. The van der Waals surface area contributed by atoms with E-state index >= 15 is 0 Å². The minimum atomic E-state index is -0.650. The predicted molar refractivity (Wildman–Crippen MR) is 68.4 cm³/mol. The zero-order chi connectivity index (χ0) is 12.5. The Bertz CT molecular complexity index is 424. The fraction of sp³-hybridized carbons (Fsp3) is 0.500. The number of carbonyl (C=O) groups is 1. The molecular formula is C14H19NO2. The Morgan fingerprint density at radius 2 is 2.18 bits per heavy atom. The van der Waals surface area contributed by atoms with Gasteiger partial charge in [-0.2, -0.15) is 0 Å². The van der Waals surface area contributed by atoms with Crippen LogP contribution in [0.5, 0.6) is 0 Å². The van der Waals surface area contributed by atoms with E-state index in [0.29, 0.717) is 6.54 Å². The van der Waals surface area contributed by atoms with Crippen molar-refractivity contribution in [3.05, 3.63) is 29.8 Å². The molecule has 1 aliphatic rings. The molecule has 3 nitrogen and oxygen atoms in total. The molecule has 1 aromatic carbocycles. The lowest BCUT2D eigenvalue weighted by Crippen LogP contribution is -2.46. The number of carboxylic acids is 1. The van der Waals surface area contributed by atoms with Crippen molar-refractivity contribution in [1.82, 2.24) is 0 Å². The average Bonchev–Trinajstić information content (AvgIpc) is 2.22.